The molecule has 6 nitrogen and oxygen atoms in total. The van der Waals surface area contributed by atoms with Crippen molar-refractivity contribution in [1.82, 2.24) is 5.32 Å². The van der Waals surface area contributed by atoms with Crippen molar-refractivity contribution in [3.8, 4) is 0 Å². The number of ether oxygens (including phenoxy) is 1. The Labute approximate surface area is 436 Å². The third kappa shape index (κ3) is 55.1. The zero-order valence-corrected chi connectivity index (χ0v) is 46.7. The molecule has 6 heteroatoms. The van der Waals surface area contributed by atoms with Crippen molar-refractivity contribution < 1.29 is 24.5 Å². The molecule has 0 rings (SSSR count). The highest BCUT2D eigenvalue weighted by molar-refractivity contribution is 5.76. The lowest BCUT2D eigenvalue weighted by Gasteiger charge is -2.20. The highest BCUT2D eigenvalue weighted by Gasteiger charge is 2.18. The van der Waals surface area contributed by atoms with E-state index in [2.05, 4.69) is 55.6 Å². The quantitative estimate of drug-likeness (QED) is 0.0244. The molecule has 0 aromatic rings. The van der Waals surface area contributed by atoms with Crippen LogP contribution < -0.4 is 5.32 Å². The first-order valence-electron chi connectivity index (χ1n) is 30.9. The number of hydrogen-bond donors (Lipinski definition) is 3. The van der Waals surface area contributed by atoms with Gasteiger partial charge in [0.05, 0.1) is 25.4 Å². The molecule has 0 saturated carbocycles. The zero-order chi connectivity index (χ0) is 50.7. The first kappa shape index (κ1) is 67.8. The number of allylic oxidation sites excluding steroid dienone is 7. The molecule has 0 fully saturated rings. The van der Waals surface area contributed by atoms with Crippen molar-refractivity contribution in [2.75, 3.05) is 13.2 Å². The van der Waals surface area contributed by atoms with Crippen LogP contribution in [0.1, 0.15) is 322 Å². The fourth-order valence-electron chi connectivity index (χ4n) is 9.33. The molecule has 0 aliphatic rings. The maximum Gasteiger partial charge on any atom is 0.305 e. The summed E-state index contributed by atoms with van der Waals surface area (Å²) in [4.78, 5) is 24.6. The van der Waals surface area contributed by atoms with Gasteiger partial charge in [0.1, 0.15) is 0 Å². The number of carbonyl (C=O) groups excluding carboxylic acids is 2. The summed E-state index contributed by atoms with van der Waals surface area (Å²) < 4.78 is 5.46. The molecule has 0 radical (unpaired) electrons. The molecule has 2 atom stereocenters. The Bertz CT molecular complexity index is 1180. The lowest BCUT2D eigenvalue weighted by Crippen LogP contribution is -2.45. The van der Waals surface area contributed by atoms with Crippen LogP contribution in [-0.4, -0.2) is 47.4 Å². The first-order valence-corrected chi connectivity index (χ1v) is 30.9. The van der Waals surface area contributed by atoms with Gasteiger partial charge in [-0.25, -0.2) is 0 Å². The van der Waals surface area contributed by atoms with Gasteiger partial charge in [0.15, 0.2) is 0 Å². The van der Waals surface area contributed by atoms with E-state index < -0.39 is 12.1 Å². The topological polar surface area (TPSA) is 95.9 Å². The fraction of sp³-hybridized carbons (Fsp3) is 0.844. The maximum atomic E-state index is 12.5. The molecule has 0 spiro atoms. The van der Waals surface area contributed by atoms with Crippen LogP contribution in [0.25, 0.3) is 0 Å². The van der Waals surface area contributed by atoms with Gasteiger partial charge in [0.2, 0.25) is 5.91 Å². The van der Waals surface area contributed by atoms with Gasteiger partial charge >= 0.3 is 5.97 Å². The number of aliphatic hydroxyl groups is 2. The molecular formula is C64H119NO5. The van der Waals surface area contributed by atoms with E-state index in [-0.39, 0.29) is 18.5 Å². The fourth-order valence-corrected chi connectivity index (χ4v) is 9.33. The molecule has 1 amide bonds. The molecular weight excluding hydrogens is 863 g/mol. The zero-order valence-electron chi connectivity index (χ0n) is 46.7. The minimum atomic E-state index is -0.861. The van der Waals surface area contributed by atoms with Gasteiger partial charge in [0.25, 0.3) is 0 Å². The van der Waals surface area contributed by atoms with Gasteiger partial charge in [-0.1, -0.05) is 268 Å². The number of esters is 1. The van der Waals surface area contributed by atoms with Gasteiger partial charge in [0, 0.05) is 12.8 Å². The Hall–Kier alpha value is -2.18. The molecule has 0 aliphatic carbocycles. The van der Waals surface area contributed by atoms with Crippen LogP contribution >= 0.6 is 0 Å². The molecule has 2 unspecified atom stereocenters. The van der Waals surface area contributed by atoms with Crippen LogP contribution in [0.15, 0.2) is 48.6 Å². The largest absolute Gasteiger partial charge is 0.466 e. The van der Waals surface area contributed by atoms with Crippen molar-refractivity contribution >= 4 is 11.9 Å². The smallest absolute Gasteiger partial charge is 0.305 e. The third-order valence-electron chi connectivity index (χ3n) is 14.1. The highest BCUT2D eigenvalue weighted by Crippen LogP contribution is 2.17. The van der Waals surface area contributed by atoms with Gasteiger partial charge in [-0.3, -0.25) is 9.59 Å². The van der Waals surface area contributed by atoms with E-state index in [0.29, 0.717) is 19.4 Å². The van der Waals surface area contributed by atoms with E-state index in [9.17, 15) is 19.8 Å². The second-order valence-electron chi connectivity index (χ2n) is 21.1. The average Bonchev–Trinajstić information content (AvgIpc) is 3.36. The van der Waals surface area contributed by atoms with E-state index in [1.54, 1.807) is 6.08 Å². The molecule has 0 bridgehead atoms. The SMILES string of the molecule is CCCCCCCCC/C=C\CCCCCCCCCC(=O)OCCCCC/C=C\C=C/CCCCCCCCC(=O)NC(CO)C(O)/C=C/CCCCCCCCCCCCCCCCCCCC. The van der Waals surface area contributed by atoms with E-state index in [1.165, 1.54) is 218 Å². The Morgan fingerprint density at radius 2 is 0.714 bits per heavy atom. The van der Waals surface area contributed by atoms with Crippen molar-refractivity contribution in [2.24, 2.45) is 0 Å². The Kier molecular flexibility index (Phi) is 57.5. The van der Waals surface area contributed by atoms with E-state index in [4.69, 9.17) is 4.74 Å². The van der Waals surface area contributed by atoms with Crippen LogP contribution in [-0.2, 0) is 14.3 Å². The van der Waals surface area contributed by atoms with Crippen molar-refractivity contribution in [1.29, 1.82) is 0 Å². The van der Waals surface area contributed by atoms with Crippen molar-refractivity contribution in [3.63, 3.8) is 0 Å². The summed E-state index contributed by atoms with van der Waals surface area (Å²) in [5.74, 6) is -0.115. The van der Waals surface area contributed by atoms with Gasteiger partial charge in [-0.15, -0.1) is 0 Å². The van der Waals surface area contributed by atoms with Crippen LogP contribution in [0, 0.1) is 0 Å². The predicted molar refractivity (Wildman–Crippen MR) is 306 cm³/mol. The third-order valence-corrected chi connectivity index (χ3v) is 14.1. The molecule has 0 heterocycles. The highest BCUT2D eigenvalue weighted by atomic mass is 16.5. The number of hydrogen-bond acceptors (Lipinski definition) is 5. The minimum absolute atomic E-state index is 0.0257. The summed E-state index contributed by atoms with van der Waals surface area (Å²) in [6.45, 7) is 4.86. The monoisotopic (exact) mass is 982 g/mol. The molecule has 410 valence electrons. The summed E-state index contributed by atoms with van der Waals surface area (Å²) in [6, 6.07) is -0.646. The lowest BCUT2D eigenvalue weighted by atomic mass is 10.0. The Morgan fingerprint density at radius 3 is 1.10 bits per heavy atom. The Balaban J connectivity index is 3.54. The van der Waals surface area contributed by atoms with Crippen LogP contribution in [0.3, 0.4) is 0 Å². The molecule has 0 aliphatic heterocycles. The van der Waals surface area contributed by atoms with Gasteiger partial charge in [-0.2, -0.15) is 0 Å². The van der Waals surface area contributed by atoms with E-state index >= 15 is 0 Å². The van der Waals surface area contributed by atoms with Crippen molar-refractivity contribution in [3.05, 3.63) is 48.6 Å². The predicted octanol–water partition coefficient (Wildman–Crippen LogP) is 19.4. The number of nitrogens with one attached hydrogen (secondary N) is 1. The van der Waals surface area contributed by atoms with Crippen molar-refractivity contribution in [2.45, 2.75) is 334 Å². The average molecular weight is 983 g/mol. The molecule has 0 saturated heterocycles. The summed E-state index contributed by atoms with van der Waals surface area (Å²) in [5.41, 5.74) is 0. The summed E-state index contributed by atoms with van der Waals surface area (Å²) >= 11 is 0. The summed E-state index contributed by atoms with van der Waals surface area (Å²) in [5, 5.41) is 23.2. The first-order chi connectivity index (χ1) is 34.5. The van der Waals surface area contributed by atoms with Crippen LogP contribution in [0.4, 0.5) is 0 Å². The molecule has 0 aromatic carbocycles. The summed E-state index contributed by atoms with van der Waals surface area (Å²) in [7, 11) is 0. The normalized spacial score (nSPS) is 12.9. The minimum Gasteiger partial charge on any atom is -0.466 e. The number of rotatable bonds is 57. The Morgan fingerprint density at radius 1 is 0.400 bits per heavy atom. The standard InChI is InChI=1S/C64H119NO5/c1-3-5-7-9-11-13-15-17-19-21-23-24-25-28-32-36-40-44-48-52-56-62(67)61(60-66)65-63(68)57-53-49-45-41-37-33-29-27-31-35-39-43-47-51-55-59-70-64(69)58-54-50-46-42-38-34-30-26-22-20-18-16-14-12-10-8-6-4-2/h20,22,27,31,35,39,52,56,61-62,66-67H,3-19,21,23-26,28-30,32-34,36-38,40-51,53-55,57-60H2,1-2H3,(H,65,68)/b22-20-,31-27-,39-35-,56-52+. The van der Waals surface area contributed by atoms with Gasteiger partial charge in [-0.05, 0) is 89.9 Å². The molecule has 3 N–H and O–H groups in total. The number of carbonyl (C=O) groups is 2. The van der Waals surface area contributed by atoms with Crippen LogP contribution in [0.2, 0.25) is 0 Å². The second kappa shape index (κ2) is 59.4. The maximum absolute atomic E-state index is 12.5. The van der Waals surface area contributed by atoms with E-state index in [1.807, 2.05) is 6.08 Å². The van der Waals surface area contributed by atoms with E-state index in [0.717, 1.165) is 77.0 Å². The number of amides is 1. The lowest BCUT2D eigenvalue weighted by molar-refractivity contribution is -0.143. The molecule has 0 aromatic heterocycles. The summed E-state index contributed by atoms with van der Waals surface area (Å²) in [6.07, 6.45) is 75.7. The number of unbranched alkanes of at least 4 members (excludes halogenated alkanes) is 41. The number of aliphatic hydroxyl groups excluding tert-OH is 2. The van der Waals surface area contributed by atoms with Crippen LogP contribution in [0.5, 0.6) is 0 Å². The second-order valence-corrected chi connectivity index (χ2v) is 21.1. The van der Waals surface area contributed by atoms with Gasteiger partial charge < -0.3 is 20.3 Å². The molecule has 70 heavy (non-hydrogen) atoms.